The summed E-state index contributed by atoms with van der Waals surface area (Å²) in [6, 6.07) is 11.6. The van der Waals surface area contributed by atoms with Gasteiger partial charge >= 0.3 is 0 Å². The molecule has 1 amide bonds. The molecule has 3 heterocycles. The molecule has 128 valence electrons. The zero-order chi connectivity index (χ0) is 17.2. The monoisotopic (exact) mass is 354 g/mol. The molecule has 0 bridgehead atoms. The van der Waals surface area contributed by atoms with E-state index in [2.05, 4.69) is 20.2 Å². The number of pyridine rings is 1. The number of nitrogens with zero attached hydrogens (tertiary/aromatic N) is 3. The summed E-state index contributed by atoms with van der Waals surface area (Å²) in [5, 5.41) is 3.91. The summed E-state index contributed by atoms with van der Waals surface area (Å²) in [5.41, 5.74) is 1.80. The van der Waals surface area contributed by atoms with Crippen molar-refractivity contribution in [3.05, 3.63) is 48.3 Å². The quantitative estimate of drug-likeness (QED) is 0.762. The molecule has 1 fully saturated rings. The third-order valence-electron chi connectivity index (χ3n) is 4.28. The topological polar surface area (TPSA) is 67.3 Å². The van der Waals surface area contributed by atoms with Crippen molar-refractivity contribution in [2.45, 2.75) is 6.54 Å². The number of ether oxygens (including phenoxy) is 1. The van der Waals surface area contributed by atoms with E-state index in [4.69, 9.17) is 4.74 Å². The van der Waals surface area contributed by atoms with E-state index in [0.29, 0.717) is 19.6 Å². The minimum Gasteiger partial charge on any atom is -0.497 e. The Labute approximate surface area is 149 Å². The van der Waals surface area contributed by atoms with Gasteiger partial charge in [0.1, 0.15) is 5.75 Å². The third-order valence-corrected chi connectivity index (χ3v) is 5.37. The molecule has 1 saturated heterocycles. The SMILES string of the molecule is COc1ccc2sc(N3CC(C(=O)NCc4ccccn4)C3)nc2c1. The zero-order valence-electron chi connectivity index (χ0n) is 13.8. The van der Waals surface area contributed by atoms with E-state index in [1.165, 1.54) is 0 Å². The number of hydrogen-bond acceptors (Lipinski definition) is 6. The fourth-order valence-electron chi connectivity index (χ4n) is 2.78. The van der Waals surface area contributed by atoms with Crippen molar-refractivity contribution < 1.29 is 9.53 Å². The van der Waals surface area contributed by atoms with Gasteiger partial charge < -0.3 is 15.0 Å². The fraction of sp³-hybridized carbons (Fsp3) is 0.278. The summed E-state index contributed by atoms with van der Waals surface area (Å²) < 4.78 is 6.36. The van der Waals surface area contributed by atoms with Gasteiger partial charge in [0.25, 0.3) is 0 Å². The van der Waals surface area contributed by atoms with Crippen LogP contribution in [0, 0.1) is 5.92 Å². The summed E-state index contributed by atoms with van der Waals surface area (Å²) >= 11 is 1.64. The van der Waals surface area contributed by atoms with E-state index in [-0.39, 0.29) is 11.8 Å². The highest BCUT2D eigenvalue weighted by atomic mass is 32.1. The average molecular weight is 354 g/mol. The maximum atomic E-state index is 12.2. The molecule has 0 saturated carbocycles. The maximum Gasteiger partial charge on any atom is 0.227 e. The van der Waals surface area contributed by atoms with Gasteiger partial charge in [-0.3, -0.25) is 9.78 Å². The number of fused-ring (bicyclic) bond motifs is 1. The summed E-state index contributed by atoms with van der Waals surface area (Å²) in [6.45, 7) is 1.87. The highest BCUT2D eigenvalue weighted by Crippen LogP contribution is 2.34. The standard InChI is InChI=1S/C18H18N4O2S/c1-24-14-5-6-16-15(8-14)21-18(25-16)22-10-12(11-22)17(23)20-9-13-4-2-3-7-19-13/h2-8,12H,9-11H2,1H3,(H,20,23). The van der Waals surface area contributed by atoms with Gasteiger partial charge in [-0.25, -0.2) is 4.98 Å². The number of methoxy groups -OCH3 is 1. The number of thiazole rings is 1. The van der Waals surface area contributed by atoms with Gasteiger partial charge in [0.15, 0.2) is 5.13 Å². The number of aromatic nitrogens is 2. The van der Waals surface area contributed by atoms with E-state index < -0.39 is 0 Å². The lowest BCUT2D eigenvalue weighted by molar-refractivity contribution is -0.125. The van der Waals surface area contributed by atoms with Gasteiger partial charge in [-0.2, -0.15) is 0 Å². The minimum atomic E-state index is 0.00487. The van der Waals surface area contributed by atoms with Crippen LogP contribution in [0.3, 0.4) is 0 Å². The summed E-state index contributed by atoms with van der Waals surface area (Å²) in [5.74, 6) is 0.884. The van der Waals surface area contributed by atoms with Crippen LogP contribution in [0.1, 0.15) is 5.69 Å². The third kappa shape index (κ3) is 3.28. The predicted octanol–water partition coefficient (Wildman–Crippen LogP) is 2.45. The number of nitrogens with one attached hydrogen (secondary N) is 1. The van der Waals surface area contributed by atoms with Crippen LogP contribution in [-0.2, 0) is 11.3 Å². The first-order chi connectivity index (χ1) is 12.2. The molecule has 0 unspecified atom stereocenters. The molecule has 0 aliphatic carbocycles. The Bertz CT molecular complexity index is 890. The second-order valence-electron chi connectivity index (χ2n) is 5.97. The van der Waals surface area contributed by atoms with Crippen molar-refractivity contribution in [2.24, 2.45) is 5.92 Å². The maximum absolute atomic E-state index is 12.2. The van der Waals surface area contributed by atoms with Crippen molar-refractivity contribution in [3.8, 4) is 5.75 Å². The van der Waals surface area contributed by atoms with Crippen LogP contribution in [0.25, 0.3) is 10.2 Å². The van der Waals surface area contributed by atoms with Crippen molar-refractivity contribution in [1.29, 1.82) is 0 Å². The molecule has 0 radical (unpaired) electrons. The Morgan fingerprint density at radius 2 is 2.24 bits per heavy atom. The molecule has 0 atom stereocenters. The van der Waals surface area contributed by atoms with E-state index >= 15 is 0 Å². The number of hydrogen-bond donors (Lipinski definition) is 1. The highest BCUT2D eigenvalue weighted by molar-refractivity contribution is 7.22. The second kappa shape index (κ2) is 6.68. The van der Waals surface area contributed by atoms with E-state index in [9.17, 15) is 4.79 Å². The Balaban J connectivity index is 1.34. The molecule has 1 aliphatic rings. The Morgan fingerprint density at radius 3 is 3.00 bits per heavy atom. The van der Waals surface area contributed by atoms with Gasteiger partial charge in [0.05, 0.1) is 35.5 Å². The molecular formula is C18H18N4O2S. The highest BCUT2D eigenvalue weighted by Gasteiger charge is 2.34. The van der Waals surface area contributed by atoms with Gasteiger partial charge in [0, 0.05) is 25.4 Å². The van der Waals surface area contributed by atoms with Crippen molar-refractivity contribution in [2.75, 3.05) is 25.1 Å². The molecule has 1 N–H and O–H groups in total. The second-order valence-corrected chi connectivity index (χ2v) is 6.98. The predicted molar refractivity (Wildman–Crippen MR) is 98.0 cm³/mol. The summed E-state index contributed by atoms with van der Waals surface area (Å²) in [7, 11) is 1.65. The molecule has 4 rings (SSSR count). The van der Waals surface area contributed by atoms with Gasteiger partial charge in [-0.05, 0) is 24.3 Å². The van der Waals surface area contributed by atoms with Crippen LogP contribution in [0.15, 0.2) is 42.6 Å². The van der Waals surface area contributed by atoms with E-state index in [0.717, 1.165) is 26.8 Å². The van der Waals surface area contributed by atoms with Crippen LogP contribution in [0.2, 0.25) is 0 Å². The van der Waals surface area contributed by atoms with Gasteiger partial charge in [-0.1, -0.05) is 17.4 Å². The molecule has 0 spiro atoms. The van der Waals surface area contributed by atoms with E-state index in [1.54, 1.807) is 24.6 Å². The van der Waals surface area contributed by atoms with Gasteiger partial charge in [-0.15, -0.1) is 0 Å². The number of amides is 1. The minimum absolute atomic E-state index is 0.00487. The smallest absolute Gasteiger partial charge is 0.227 e. The number of anilines is 1. The normalized spacial score (nSPS) is 14.4. The first-order valence-corrected chi connectivity index (χ1v) is 8.92. The van der Waals surface area contributed by atoms with Crippen molar-refractivity contribution in [3.63, 3.8) is 0 Å². The Kier molecular flexibility index (Phi) is 4.23. The number of rotatable bonds is 5. The Morgan fingerprint density at radius 1 is 1.36 bits per heavy atom. The Hall–Kier alpha value is -2.67. The van der Waals surface area contributed by atoms with Crippen LogP contribution in [0.4, 0.5) is 5.13 Å². The largest absolute Gasteiger partial charge is 0.497 e. The molecule has 1 aromatic carbocycles. The fourth-order valence-corrected chi connectivity index (χ4v) is 3.75. The van der Waals surface area contributed by atoms with Crippen molar-refractivity contribution >= 4 is 32.6 Å². The molecule has 3 aromatic rings. The number of benzene rings is 1. The average Bonchev–Trinajstić information content (AvgIpc) is 3.02. The zero-order valence-corrected chi connectivity index (χ0v) is 14.6. The van der Waals surface area contributed by atoms with Gasteiger partial charge in [0.2, 0.25) is 5.91 Å². The lowest BCUT2D eigenvalue weighted by Crippen LogP contribution is -2.53. The lowest BCUT2D eigenvalue weighted by atomic mass is 10.00. The first-order valence-electron chi connectivity index (χ1n) is 8.10. The van der Waals surface area contributed by atoms with Crippen LogP contribution in [-0.4, -0.2) is 36.1 Å². The molecule has 7 heteroatoms. The molecule has 6 nitrogen and oxygen atoms in total. The summed E-state index contributed by atoms with van der Waals surface area (Å²) in [4.78, 5) is 23.2. The lowest BCUT2D eigenvalue weighted by Gasteiger charge is -2.37. The number of carbonyl (C=O) groups excluding carboxylic acids is 1. The molecule has 25 heavy (non-hydrogen) atoms. The van der Waals surface area contributed by atoms with Crippen LogP contribution in [0.5, 0.6) is 5.75 Å². The molecule has 2 aromatic heterocycles. The van der Waals surface area contributed by atoms with Crippen molar-refractivity contribution in [1.82, 2.24) is 15.3 Å². The number of carbonyl (C=O) groups is 1. The molecular weight excluding hydrogens is 336 g/mol. The molecule has 1 aliphatic heterocycles. The van der Waals surface area contributed by atoms with Crippen LogP contribution >= 0.6 is 11.3 Å². The summed E-state index contributed by atoms with van der Waals surface area (Å²) in [6.07, 6.45) is 1.73. The first kappa shape index (κ1) is 15.8. The van der Waals surface area contributed by atoms with E-state index in [1.807, 2.05) is 36.4 Å². The van der Waals surface area contributed by atoms with Crippen LogP contribution < -0.4 is 15.0 Å².